The van der Waals surface area contributed by atoms with Gasteiger partial charge in [0.2, 0.25) is 5.89 Å². The van der Waals surface area contributed by atoms with E-state index in [1.165, 1.54) is 5.56 Å². The number of hydrogen-bond donors (Lipinski definition) is 1. The third-order valence-corrected chi connectivity index (χ3v) is 2.92. The molecule has 0 aliphatic carbocycles. The quantitative estimate of drug-likeness (QED) is 0.702. The monoisotopic (exact) mass is 250 g/mol. The van der Waals surface area contributed by atoms with Crippen LogP contribution in [0.5, 0.6) is 0 Å². The Morgan fingerprint density at radius 3 is 2.63 bits per heavy atom. The Hall–Kier alpha value is -2.55. The normalized spacial score (nSPS) is 11.4. The lowest BCUT2D eigenvalue weighted by Crippen LogP contribution is -1.82. The van der Waals surface area contributed by atoms with Crippen LogP contribution in [-0.2, 0) is 0 Å². The average Bonchev–Trinajstić information content (AvgIpc) is 2.80. The summed E-state index contributed by atoms with van der Waals surface area (Å²) in [5.41, 5.74) is 10.3. The Kier molecular flexibility index (Phi) is 2.80. The highest BCUT2D eigenvalue weighted by Crippen LogP contribution is 2.19. The van der Waals surface area contributed by atoms with Gasteiger partial charge in [0.1, 0.15) is 5.52 Å². The Labute approximate surface area is 111 Å². The van der Waals surface area contributed by atoms with E-state index >= 15 is 0 Å². The summed E-state index contributed by atoms with van der Waals surface area (Å²) in [6, 6.07) is 13.7. The topological polar surface area (TPSA) is 52.0 Å². The SMILES string of the molecule is Cc1ccc(/C=C/c2nc3cc(N)ccc3o2)cc1. The summed E-state index contributed by atoms with van der Waals surface area (Å²) in [5.74, 6) is 0.584. The first-order valence-electron chi connectivity index (χ1n) is 6.11. The summed E-state index contributed by atoms with van der Waals surface area (Å²) < 4.78 is 5.62. The maximum atomic E-state index is 5.71. The van der Waals surface area contributed by atoms with Gasteiger partial charge in [-0.1, -0.05) is 29.8 Å². The van der Waals surface area contributed by atoms with E-state index in [-0.39, 0.29) is 0 Å². The summed E-state index contributed by atoms with van der Waals surface area (Å²) in [4.78, 5) is 4.37. The minimum atomic E-state index is 0.584. The van der Waals surface area contributed by atoms with Crippen LogP contribution in [0.25, 0.3) is 23.3 Å². The predicted molar refractivity (Wildman–Crippen MR) is 78.5 cm³/mol. The third-order valence-electron chi connectivity index (χ3n) is 2.92. The van der Waals surface area contributed by atoms with E-state index < -0.39 is 0 Å². The largest absolute Gasteiger partial charge is 0.437 e. The molecule has 0 aliphatic rings. The van der Waals surface area contributed by atoms with Crippen molar-refractivity contribution in [3.8, 4) is 0 Å². The number of oxazole rings is 1. The minimum absolute atomic E-state index is 0.584. The number of fused-ring (bicyclic) bond motifs is 1. The van der Waals surface area contributed by atoms with Gasteiger partial charge in [-0.05, 0) is 36.8 Å². The van der Waals surface area contributed by atoms with Crippen LogP contribution in [0, 0.1) is 6.92 Å². The summed E-state index contributed by atoms with van der Waals surface area (Å²) in [5, 5.41) is 0. The second-order valence-electron chi connectivity index (χ2n) is 4.52. The average molecular weight is 250 g/mol. The molecule has 3 rings (SSSR count). The number of aromatic nitrogens is 1. The van der Waals surface area contributed by atoms with Gasteiger partial charge in [-0.15, -0.1) is 0 Å². The third kappa shape index (κ3) is 2.50. The van der Waals surface area contributed by atoms with E-state index in [1.807, 2.05) is 24.3 Å². The number of anilines is 1. The van der Waals surface area contributed by atoms with Gasteiger partial charge < -0.3 is 10.2 Å². The van der Waals surface area contributed by atoms with Gasteiger partial charge in [0, 0.05) is 11.8 Å². The highest BCUT2D eigenvalue weighted by atomic mass is 16.3. The van der Waals surface area contributed by atoms with Crippen molar-refractivity contribution in [2.75, 3.05) is 5.73 Å². The van der Waals surface area contributed by atoms with Crippen LogP contribution in [0.1, 0.15) is 17.0 Å². The van der Waals surface area contributed by atoms with Crippen LogP contribution in [-0.4, -0.2) is 4.98 Å². The maximum absolute atomic E-state index is 5.71. The van der Waals surface area contributed by atoms with E-state index in [0.717, 1.165) is 16.7 Å². The second kappa shape index (κ2) is 4.61. The van der Waals surface area contributed by atoms with Crippen molar-refractivity contribution in [3.63, 3.8) is 0 Å². The molecule has 2 N–H and O–H groups in total. The number of nitrogens with zero attached hydrogens (tertiary/aromatic N) is 1. The Bertz CT molecular complexity index is 739. The number of benzene rings is 2. The molecule has 0 saturated heterocycles. The van der Waals surface area contributed by atoms with Gasteiger partial charge in [-0.3, -0.25) is 0 Å². The molecule has 0 bridgehead atoms. The van der Waals surface area contributed by atoms with Crippen LogP contribution in [0.3, 0.4) is 0 Å². The fourth-order valence-electron chi connectivity index (χ4n) is 1.88. The van der Waals surface area contributed by atoms with Gasteiger partial charge in [0.25, 0.3) is 0 Å². The van der Waals surface area contributed by atoms with E-state index in [4.69, 9.17) is 10.2 Å². The zero-order valence-corrected chi connectivity index (χ0v) is 10.6. The van der Waals surface area contributed by atoms with Crippen molar-refractivity contribution >= 4 is 28.9 Å². The molecule has 0 atom stereocenters. The standard InChI is InChI=1S/C16H14N2O/c1-11-2-4-12(5-3-11)6-9-16-18-14-10-13(17)7-8-15(14)19-16/h2-10H,17H2,1H3/b9-6+. The summed E-state index contributed by atoms with van der Waals surface area (Å²) in [7, 11) is 0. The number of nitrogens with two attached hydrogens (primary N) is 1. The zero-order chi connectivity index (χ0) is 13.2. The van der Waals surface area contributed by atoms with Crippen molar-refractivity contribution in [2.24, 2.45) is 0 Å². The van der Waals surface area contributed by atoms with Gasteiger partial charge in [-0.2, -0.15) is 0 Å². The molecule has 0 aliphatic heterocycles. The molecule has 1 aromatic heterocycles. The van der Waals surface area contributed by atoms with Crippen LogP contribution in [0.15, 0.2) is 46.9 Å². The molecule has 0 radical (unpaired) electrons. The number of rotatable bonds is 2. The fraction of sp³-hybridized carbons (Fsp3) is 0.0625. The van der Waals surface area contributed by atoms with Crippen LogP contribution >= 0.6 is 0 Å². The first-order chi connectivity index (χ1) is 9.20. The summed E-state index contributed by atoms with van der Waals surface area (Å²) in [6.07, 6.45) is 3.84. The molecule has 3 nitrogen and oxygen atoms in total. The predicted octanol–water partition coefficient (Wildman–Crippen LogP) is 3.89. The van der Waals surface area contributed by atoms with Crippen molar-refractivity contribution in [1.82, 2.24) is 4.98 Å². The van der Waals surface area contributed by atoms with Gasteiger partial charge in [0.05, 0.1) is 0 Å². The Balaban J connectivity index is 1.90. The van der Waals surface area contributed by atoms with Crippen molar-refractivity contribution in [2.45, 2.75) is 6.92 Å². The molecule has 0 spiro atoms. The lowest BCUT2D eigenvalue weighted by Gasteiger charge is -1.93. The number of aryl methyl sites for hydroxylation is 1. The molecular weight excluding hydrogens is 236 g/mol. The Morgan fingerprint density at radius 1 is 1.05 bits per heavy atom. The first-order valence-corrected chi connectivity index (χ1v) is 6.11. The van der Waals surface area contributed by atoms with Crippen molar-refractivity contribution < 1.29 is 4.42 Å². The van der Waals surface area contributed by atoms with Gasteiger partial charge in [0.15, 0.2) is 5.58 Å². The highest BCUT2D eigenvalue weighted by Gasteiger charge is 2.02. The zero-order valence-electron chi connectivity index (χ0n) is 10.6. The van der Waals surface area contributed by atoms with Gasteiger partial charge in [-0.25, -0.2) is 4.98 Å². The Morgan fingerprint density at radius 2 is 1.84 bits per heavy atom. The molecule has 3 aromatic rings. The molecule has 0 fully saturated rings. The molecule has 2 aromatic carbocycles. The molecule has 1 heterocycles. The lowest BCUT2D eigenvalue weighted by molar-refractivity contribution is 0.590. The van der Waals surface area contributed by atoms with Gasteiger partial charge >= 0.3 is 0 Å². The smallest absolute Gasteiger partial charge is 0.220 e. The van der Waals surface area contributed by atoms with Crippen molar-refractivity contribution in [3.05, 3.63) is 59.5 Å². The van der Waals surface area contributed by atoms with E-state index in [2.05, 4.69) is 36.2 Å². The minimum Gasteiger partial charge on any atom is -0.437 e. The van der Waals surface area contributed by atoms with Crippen LogP contribution in [0.4, 0.5) is 5.69 Å². The molecule has 0 amide bonds. The van der Waals surface area contributed by atoms with E-state index in [1.54, 1.807) is 6.07 Å². The molecule has 3 heteroatoms. The van der Waals surface area contributed by atoms with Crippen molar-refractivity contribution in [1.29, 1.82) is 0 Å². The lowest BCUT2D eigenvalue weighted by atomic mass is 10.1. The molecular formula is C16H14N2O. The molecule has 0 unspecified atom stereocenters. The molecule has 0 saturated carbocycles. The highest BCUT2D eigenvalue weighted by molar-refractivity contribution is 5.79. The number of hydrogen-bond acceptors (Lipinski definition) is 3. The fourth-order valence-corrected chi connectivity index (χ4v) is 1.88. The number of nitrogen functional groups attached to an aromatic ring is 1. The molecule has 94 valence electrons. The first kappa shape index (κ1) is 11.5. The summed E-state index contributed by atoms with van der Waals surface area (Å²) >= 11 is 0. The van der Waals surface area contributed by atoms with Crippen LogP contribution < -0.4 is 5.73 Å². The summed E-state index contributed by atoms with van der Waals surface area (Å²) in [6.45, 7) is 2.07. The van der Waals surface area contributed by atoms with Crippen LogP contribution in [0.2, 0.25) is 0 Å². The van der Waals surface area contributed by atoms with E-state index in [9.17, 15) is 0 Å². The van der Waals surface area contributed by atoms with E-state index in [0.29, 0.717) is 11.6 Å². The maximum Gasteiger partial charge on any atom is 0.220 e. The second-order valence-corrected chi connectivity index (χ2v) is 4.52. The molecule has 19 heavy (non-hydrogen) atoms.